The number of hydrogen-bond donors (Lipinski definition) is 1. The topological polar surface area (TPSA) is 82.8 Å². The molecule has 2 aliphatic rings. The average molecular weight is 429 g/mol. The first-order valence-corrected chi connectivity index (χ1v) is 12.8. The standard InChI is InChI=1S/C18H32N6O2S2/c1-3-19-18(20-5-11-28(25,26)24-7-9-27-10-8-24)23-6-4-16(15-23)12-17-13-21-22(2)14-17/h13-14,16H,3-12,15H2,1-2H3,(H,19,20). The molecule has 2 saturated heterocycles. The van der Waals surface area contributed by atoms with E-state index in [1.807, 2.05) is 36.6 Å². The summed E-state index contributed by atoms with van der Waals surface area (Å²) in [7, 11) is -1.27. The molecule has 0 amide bonds. The average Bonchev–Trinajstić information content (AvgIpc) is 3.31. The minimum atomic E-state index is -3.21. The molecule has 0 radical (unpaired) electrons. The molecule has 10 heteroatoms. The molecule has 28 heavy (non-hydrogen) atoms. The normalized spacial score (nSPS) is 22.0. The molecule has 158 valence electrons. The summed E-state index contributed by atoms with van der Waals surface area (Å²) in [4.78, 5) is 6.88. The molecule has 8 nitrogen and oxygen atoms in total. The highest BCUT2D eigenvalue weighted by Gasteiger charge is 2.26. The number of aromatic nitrogens is 2. The van der Waals surface area contributed by atoms with Crippen molar-refractivity contribution in [2.75, 3.05) is 56.5 Å². The number of guanidine groups is 1. The first-order chi connectivity index (χ1) is 13.5. The van der Waals surface area contributed by atoms with Crippen LogP contribution in [0.2, 0.25) is 0 Å². The van der Waals surface area contributed by atoms with Gasteiger partial charge in [0, 0.05) is 57.5 Å². The van der Waals surface area contributed by atoms with Crippen LogP contribution >= 0.6 is 11.8 Å². The van der Waals surface area contributed by atoms with Crippen LogP contribution in [0.15, 0.2) is 17.4 Å². The van der Waals surface area contributed by atoms with E-state index in [0.29, 0.717) is 25.6 Å². The van der Waals surface area contributed by atoms with Gasteiger partial charge in [-0.3, -0.25) is 9.67 Å². The molecule has 0 spiro atoms. The van der Waals surface area contributed by atoms with Crippen LogP contribution in [0.4, 0.5) is 0 Å². The maximum atomic E-state index is 12.5. The molecule has 0 bridgehead atoms. The van der Waals surface area contributed by atoms with Gasteiger partial charge >= 0.3 is 0 Å². The predicted molar refractivity (Wildman–Crippen MR) is 115 cm³/mol. The molecule has 0 aliphatic carbocycles. The second kappa shape index (κ2) is 9.98. The molecule has 0 saturated carbocycles. The summed E-state index contributed by atoms with van der Waals surface area (Å²) in [5, 5.41) is 7.58. The lowest BCUT2D eigenvalue weighted by Crippen LogP contribution is -2.42. The minimum Gasteiger partial charge on any atom is -0.357 e. The van der Waals surface area contributed by atoms with Gasteiger partial charge < -0.3 is 10.2 Å². The molecule has 3 heterocycles. The smallest absolute Gasteiger partial charge is 0.215 e. The Hall–Kier alpha value is -1.26. The fraction of sp³-hybridized carbons (Fsp3) is 0.778. The van der Waals surface area contributed by atoms with Gasteiger partial charge in [0.2, 0.25) is 10.0 Å². The summed E-state index contributed by atoms with van der Waals surface area (Å²) < 4.78 is 28.5. The van der Waals surface area contributed by atoms with Gasteiger partial charge in [0.1, 0.15) is 0 Å². The third-order valence-electron chi connectivity index (χ3n) is 5.18. The summed E-state index contributed by atoms with van der Waals surface area (Å²) in [6.45, 7) is 6.26. The van der Waals surface area contributed by atoms with Crippen molar-refractivity contribution in [1.82, 2.24) is 24.3 Å². The summed E-state index contributed by atoms with van der Waals surface area (Å²) in [6, 6.07) is 0. The van der Waals surface area contributed by atoms with Crippen LogP contribution in [0.1, 0.15) is 18.9 Å². The first kappa shape index (κ1) is 21.4. The summed E-state index contributed by atoms with van der Waals surface area (Å²) in [6.07, 6.45) is 6.14. The Bertz CT molecular complexity index is 758. The van der Waals surface area contributed by atoms with Crippen molar-refractivity contribution in [1.29, 1.82) is 0 Å². The van der Waals surface area contributed by atoms with Crippen molar-refractivity contribution in [3.8, 4) is 0 Å². The van der Waals surface area contributed by atoms with E-state index in [0.717, 1.165) is 49.9 Å². The number of aliphatic imine (C=N–C) groups is 1. The van der Waals surface area contributed by atoms with Gasteiger partial charge in [-0.25, -0.2) is 12.7 Å². The zero-order chi connectivity index (χ0) is 20.0. The van der Waals surface area contributed by atoms with Crippen LogP contribution in [0.3, 0.4) is 0 Å². The Morgan fingerprint density at radius 1 is 1.36 bits per heavy atom. The highest BCUT2D eigenvalue weighted by Crippen LogP contribution is 2.21. The predicted octanol–water partition coefficient (Wildman–Crippen LogP) is 0.629. The van der Waals surface area contributed by atoms with Crippen molar-refractivity contribution in [3.05, 3.63) is 18.0 Å². The lowest BCUT2D eigenvalue weighted by Gasteiger charge is -2.25. The van der Waals surface area contributed by atoms with Crippen molar-refractivity contribution in [3.63, 3.8) is 0 Å². The van der Waals surface area contributed by atoms with Crippen molar-refractivity contribution >= 4 is 27.7 Å². The van der Waals surface area contributed by atoms with Crippen LogP contribution in [0.5, 0.6) is 0 Å². The van der Waals surface area contributed by atoms with Gasteiger partial charge in [-0.2, -0.15) is 16.9 Å². The van der Waals surface area contributed by atoms with Crippen LogP contribution in [0.25, 0.3) is 0 Å². The quantitative estimate of drug-likeness (QED) is 0.507. The van der Waals surface area contributed by atoms with Crippen LogP contribution in [0, 0.1) is 5.92 Å². The van der Waals surface area contributed by atoms with Gasteiger partial charge in [-0.05, 0) is 31.2 Å². The summed E-state index contributed by atoms with van der Waals surface area (Å²) in [5.74, 6) is 3.26. The number of rotatable bonds is 7. The molecule has 3 rings (SSSR count). The van der Waals surface area contributed by atoms with E-state index in [1.165, 1.54) is 5.56 Å². The number of nitrogens with one attached hydrogen (secondary N) is 1. The molecule has 1 aromatic heterocycles. The highest BCUT2D eigenvalue weighted by molar-refractivity contribution is 7.99. The van der Waals surface area contributed by atoms with E-state index in [4.69, 9.17) is 0 Å². The molecule has 2 fully saturated rings. The van der Waals surface area contributed by atoms with Crippen molar-refractivity contribution in [2.24, 2.45) is 18.0 Å². The number of likely N-dealkylation sites (tertiary alicyclic amines) is 1. The Balaban J connectivity index is 1.53. The Labute approximate surface area is 172 Å². The number of thioether (sulfide) groups is 1. The molecule has 1 N–H and O–H groups in total. The summed E-state index contributed by atoms with van der Waals surface area (Å²) in [5.41, 5.74) is 1.27. The molecule has 1 atom stereocenters. The molecule has 2 aliphatic heterocycles. The highest BCUT2D eigenvalue weighted by atomic mass is 32.2. The first-order valence-electron chi connectivity index (χ1n) is 10.0. The second-order valence-electron chi connectivity index (χ2n) is 7.39. The lowest BCUT2D eigenvalue weighted by molar-refractivity contribution is 0.443. The molecule has 0 aromatic carbocycles. The number of aryl methyl sites for hydroxylation is 1. The largest absolute Gasteiger partial charge is 0.357 e. The van der Waals surface area contributed by atoms with E-state index in [-0.39, 0.29) is 5.75 Å². The van der Waals surface area contributed by atoms with Crippen molar-refractivity contribution in [2.45, 2.75) is 19.8 Å². The van der Waals surface area contributed by atoms with Gasteiger partial charge in [0.05, 0.1) is 18.5 Å². The van der Waals surface area contributed by atoms with E-state index in [9.17, 15) is 8.42 Å². The number of sulfonamides is 1. The number of hydrogen-bond acceptors (Lipinski definition) is 5. The fourth-order valence-corrected chi connectivity index (χ4v) is 6.20. The van der Waals surface area contributed by atoms with E-state index < -0.39 is 10.0 Å². The zero-order valence-electron chi connectivity index (χ0n) is 16.9. The van der Waals surface area contributed by atoms with Crippen molar-refractivity contribution < 1.29 is 8.42 Å². The third kappa shape index (κ3) is 5.87. The third-order valence-corrected chi connectivity index (χ3v) is 7.97. The molecule has 1 unspecified atom stereocenters. The van der Waals surface area contributed by atoms with Gasteiger partial charge in [-0.15, -0.1) is 0 Å². The fourth-order valence-electron chi connectivity index (χ4n) is 3.75. The Morgan fingerprint density at radius 2 is 2.14 bits per heavy atom. The monoisotopic (exact) mass is 428 g/mol. The Kier molecular flexibility index (Phi) is 7.64. The minimum absolute atomic E-state index is 0.0829. The Morgan fingerprint density at radius 3 is 2.82 bits per heavy atom. The second-order valence-corrected chi connectivity index (χ2v) is 10.7. The van der Waals surface area contributed by atoms with Gasteiger partial charge in [0.25, 0.3) is 0 Å². The SMILES string of the molecule is CCNC(=NCCS(=O)(=O)N1CCSCC1)N1CCC(Cc2cnn(C)c2)C1. The molecular formula is C18H32N6O2S2. The van der Waals surface area contributed by atoms with Crippen LogP contribution in [-0.4, -0.2) is 89.9 Å². The molecule has 1 aromatic rings. The van der Waals surface area contributed by atoms with E-state index in [2.05, 4.69) is 26.5 Å². The molecular weight excluding hydrogens is 396 g/mol. The van der Waals surface area contributed by atoms with Crippen LogP contribution in [-0.2, 0) is 23.5 Å². The lowest BCUT2D eigenvalue weighted by atomic mass is 10.0. The zero-order valence-corrected chi connectivity index (χ0v) is 18.5. The summed E-state index contributed by atoms with van der Waals surface area (Å²) >= 11 is 1.81. The van der Waals surface area contributed by atoms with E-state index in [1.54, 1.807) is 4.31 Å². The van der Waals surface area contributed by atoms with Gasteiger partial charge in [0.15, 0.2) is 5.96 Å². The maximum Gasteiger partial charge on any atom is 0.215 e. The van der Waals surface area contributed by atoms with E-state index >= 15 is 0 Å². The van der Waals surface area contributed by atoms with Crippen LogP contribution < -0.4 is 5.32 Å². The maximum absolute atomic E-state index is 12.5. The van der Waals surface area contributed by atoms with Gasteiger partial charge in [-0.1, -0.05) is 0 Å². The number of nitrogens with zero attached hydrogens (tertiary/aromatic N) is 5.